The minimum atomic E-state index is -0.0473. The molecule has 5 fully saturated rings. The number of fused-ring (bicyclic) bond motifs is 3. The van der Waals surface area contributed by atoms with Gasteiger partial charge in [0.1, 0.15) is 0 Å². The highest BCUT2D eigenvalue weighted by atomic mass is 16.3. The van der Waals surface area contributed by atoms with Gasteiger partial charge in [-0.3, -0.25) is 0 Å². The molecule has 3 saturated carbocycles. The van der Waals surface area contributed by atoms with Crippen molar-refractivity contribution in [2.45, 2.75) is 114 Å². The van der Waals surface area contributed by atoms with Crippen LogP contribution in [0.1, 0.15) is 89.9 Å². The van der Waals surface area contributed by atoms with E-state index in [1.54, 1.807) is 0 Å². The number of aliphatic hydroxyl groups excluding tert-OH is 1. The van der Waals surface area contributed by atoms with Crippen molar-refractivity contribution < 1.29 is 5.11 Å². The summed E-state index contributed by atoms with van der Waals surface area (Å²) in [7, 11) is 0. The van der Waals surface area contributed by atoms with Gasteiger partial charge in [0.05, 0.1) is 18.4 Å². The number of hydrogen-bond donors (Lipinski definition) is 4. The Hall–Kier alpha value is -0.200. The van der Waals surface area contributed by atoms with E-state index in [0.29, 0.717) is 18.4 Å². The molecule has 2 aliphatic heterocycles. The van der Waals surface area contributed by atoms with Crippen molar-refractivity contribution in [2.24, 2.45) is 23.7 Å². The fourth-order valence-corrected chi connectivity index (χ4v) is 7.12. The first-order valence-electron chi connectivity index (χ1n) is 12.0. The van der Waals surface area contributed by atoms with Crippen LogP contribution in [0.4, 0.5) is 0 Å². The van der Waals surface area contributed by atoms with Gasteiger partial charge in [0.15, 0.2) is 0 Å². The van der Waals surface area contributed by atoms with Crippen LogP contribution in [0.2, 0.25) is 0 Å². The summed E-state index contributed by atoms with van der Waals surface area (Å²) in [4.78, 5) is 0. The van der Waals surface area contributed by atoms with Crippen molar-refractivity contribution in [3.05, 3.63) is 0 Å². The zero-order valence-electron chi connectivity index (χ0n) is 16.9. The molecule has 0 aromatic carbocycles. The summed E-state index contributed by atoms with van der Waals surface area (Å²) < 4.78 is 0. The maximum atomic E-state index is 9.98. The van der Waals surface area contributed by atoms with Crippen molar-refractivity contribution in [1.29, 1.82) is 0 Å². The second-order valence-corrected chi connectivity index (χ2v) is 10.2. The maximum Gasteiger partial charge on any atom is 0.0910 e. The third-order valence-corrected chi connectivity index (χ3v) is 8.60. The average molecular weight is 377 g/mol. The predicted octanol–water partition coefficient (Wildman–Crippen LogP) is 3.26. The van der Waals surface area contributed by atoms with E-state index in [4.69, 9.17) is 0 Å². The van der Waals surface area contributed by atoms with Crippen LogP contribution >= 0.6 is 0 Å². The van der Waals surface area contributed by atoms with Crippen LogP contribution in [0.3, 0.4) is 0 Å². The maximum absolute atomic E-state index is 9.98. The Balaban J connectivity index is 1.31. The van der Waals surface area contributed by atoms with Gasteiger partial charge in [0.2, 0.25) is 0 Å². The molecule has 5 aliphatic rings. The van der Waals surface area contributed by atoms with E-state index in [0.717, 1.165) is 36.5 Å². The van der Waals surface area contributed by atoms with Crippen LogP contribution in [0.5, 0.6) is 0 Å². The molecule has 5 unspecified atom stereocenters. The minimum absolute atomic E-state index is 0.0473. The first-order chi connectivity index (χ1) is 13.3. The summed E-state index contributed by atoms with van der Waals surface area (Å²) in [5.41, 5.74) is 11.4. The van der Waals surface area contributed by atoms with Gasteiger partial charge in [-0.15, -0.1) is 0 Å². The molecular weight excluding hydrogens is 336 g/mol. The summed E-state index contributed by atoms with van der Waals surface area (Å²) in [5.74, 6) is 3.23. The van der Waals surface area contributed by atoms with Crippen LogP contribution in [-0.2, 0) is 0 Å². The molecule has 0 spiro atoms. The number of nitrogens with zero attached hydrogens (tertiary/aromatic N) is 1. The van der Waals surface area contributed by atoms with Crippen LogP contribution in [0, 0.1) is 23.7 Å². The zero-order valence-corrected chi connectivity index (χ0v) is 16.9. The molecule has 0 bridgehead atoms. The zero-order chi connectivity index (χ0) is 18.2. The first kappa shape index (κ1) is 18.8. The van der Waals surface area contributed by atoms with Crippen molar-refractivity contribution >= 4 is 0 Å². The molecule has 2 saturated heterocycles. The number of nitrogens with one attached hydrogen (secondary N) is 3. The van der Waals surface area contributed by atoms with E-state index in [-0.39, 0.29) is 6.10 Å². The lowest BCUT2D eigenvalue weighted by Crippen LogP contribution is -2.67. The van der Waals surface area contributed by atoms with E-state index in [2.05, 4.69) is 21.3 Å². The molecule has 5 rings (SSSR count). The summed E-state index contributed by atoms with van der Waals surface area (Å²) in [5, 5.41) is 12.6. The summed E-state index contributed by atoms with van der Waals surface area (Å²) in [6, 6.07) is 0.620. The molecule has 4 N–H and O–H groups in total. The molecule has 0 amide bonds. The van der Waals surface area contributed by atoms with Crippen LogP contribution in [-0.4, -0.2) is 34.6 Å². The van der Waals surface area contributed by atoms with Gasteiger partial charge < -0.3 is 5.11 Å². The molecule has 5 heteroatoms. The molecule has 154 valence electrons. The second-order valence-electron chi connectivity index (χ2n) is 10.2. The van der Waals surface area contributed by atoms with Gasteiger partial charge in [-0.2, -0.15) is 0 Å². The lowest BCUT2D eigenvalue weighted by Gasteiger charge is -2.53. The Labute approximate surface area is 165 Å². The van der Waals surface area contributed by atoms with Crippen molar-refractivity contribution in [1.82, 2.24) is 21.3 Å². The lowest BCUT2D eigenvalue weighted by molar-refractivity contribution is -0.0772. The monoisotopic (exact) mass is 376 g/mol. The summed E-state index contributed by atoms with van der Waals surface area (Å²) in [6.07, 6.45) is 19.3. The molecule has 27 heavy (non-hydrogen) atoms. The largest absolute Gasteiger partial charge is 0.393 e. The molecule has 0 radical (unpaired) electrons. The van der Waals surface area contributed by atoms with E-state index in [9.17, 15) is 5.11 Å². The summed E-state index contributed by atoms with van der Waals surface area (Å²) >= 11 is 0. The fourth-order valence-electron chi connectivity index (χ4n) is 7.12. The highest BCUT2D eigenvalue weighted by molar-refractivity contribution is 5.00. The third-order valence-electron chi connectivity index (χ3n) is 8.60. The van der Waals surface area contributed by atoms with Gasteiger partial charge in [0.25, 0.3) is 0 Å². The first-order valence-corrected chi connectivity index (χ1v) is 12.0. The van der Waals surface area contributed by atoms with Crippen LogP contribution < -0.4 is 16.3 Å². The van der Waals surface area contributed by atoms with Crippen molar-refractivity contribution in [3.63, 3.8) is 0 Å². The molecule has 3 aliphatic carbocycles. The summed E-state index contributed by atoms with van der Waals surface area (Å²) in [6.45, 7) is 0. The highest BCUT2D eigenvalue weighted by Gasteiger charge is 2.51. The number of hydrogen-bond acceptors (Lipinski definition) is 5. The fraction of sp³-hybridized carbons (Fsp3) is 1.00. The molecule has 0 aromatic heterocycles. The molecule has 2 heterocycles. The highest BCUT2D eigenvalue weighted by Crippen LogP contribution is 2.44. The topological polar surface area (TPSA) is 59.6 Å². The molecular formula is C22H40N4O. The Bertz CT molecular complexity index is 489. The van der Waals surface area contributed by atoms with Gasteiger partial charge in [-0.25, -0.2) is 21.3 Å². The third kappa shape index (κ3) is 3.83. The minimum Gasteiger partial charge on any atom is -0.393 e. The van der Waals surface area contributed by atoms with Gasteiger partial charge in [0, 0.05) is 6.04 Å². The standard InChI is InChI=1S/C22H40N4O/c27-17-12-10-16(11-13-17)21-18-8-4-5-9-19(18)22-24-23-20(26(22)25-21)14-15-6-2-1-3-7-15/h15-25,27H,1-14H2. The Morgan fingerprint density at radius 1 is 0.741 bits per heavy atom. The normalized spacial score (nSPS) is 46.8. The Kier molecular flexibility index (Phi) is 5.76. The van der Waals surface area contributed by atoms with E-state index < -0.39 is 0 Å². The van der Waals surface area contributed by atoms with Crippen molar-refractivity contribution in [2.75, 3.05) is 0 Å². The van der Waals surface area contributed by atoms with Crippen LogP contribution in [0.25, 0.3) is 0 Å². The lowest BCUT2D eigenvalue weighted by atomic mass is 9.67. The van der Waals surface area contributed by atoms with Gasteiger partial charge in [-0.1, -0.05) is 44.9 Å². The number of hydrazine groups is 2. The van der Waals surface area contributed by atoms with E-state index in [1.807, 2.05) is 0 Å². The Morgan fingerprint density at radius 2 is 1.44 bits per heavy atom. The van der Waals surface area contributed by atoms with E-state index >= 15 is 0 Å². The quantitative estimate of drug-likeness (QED) is 0.609. The van der Waals surface area contributed by atoms with Gasteiger partial charge in [-0.05, 0) is 68.6 Å². The smallest absolute Gasteiger partial charge is 0.0910 e. The van der Waals surface area contributed by atoms with Crippen molar-refractivity contribution in [3.8, 4) is 0 Å². The Morgan fingerprint density at radius 3 is 2.22 bits per heavy atom. The second kappa shape index (κ2) is 8.27. The molecule has 5 nitrogen and oxygen atoms in total. The average Bonchev–Trinajstić information content (AvgIpc) is 3.12. The van der Waals surface area contributed by atoms with Crippen LogP contribution in [0.15, 0.2) is 0 Å². The molecule has 5 atom stereocenters. The molecule has 0 aromatic rings. The number of aliphatic hydroxyl groups is 1. The van der Waals surface area contributed by atoms with E-state index in [1.165, 1.54) is 77.0 Å². The number of rotatable bonds is 3. The SMILES string of the molecule is OC1CCC(C2NN3C(CC4CCCCC4)NNC3C3CCCCC32)CC1. The van der Waals surface area contributed by atoms with Gasteiger partial charge >= 0.3 is 0 Å². The predicted molar refractivity (Wildman–Crippen MR) is 107 cm³/mol.